The van der Waals surface area contributed by atoms with Crippen LogP contribution in [0.4, 0.5) is 0 Å². The van der Waals surface area contributed by atoms with Gasteiger partial charge in [-0.05, 0) is 12.1 Å². The van der Waals surface area contributed by atoms with Crippen LogP contribution in [0.2, 0.25) is 0 Å². The van der Waals surface area contributed by atoms with Gasteiger partial charge in [-0.3, -0.25) is 9.59 Å². The summed E-state index contributed by atoms with van der Waals surface area (Å²) in [5, 5.41) is 0.0842. The first-order chi connectivity index (χ1) is 9.22. The summed E-state index contributed by atoms with van der Waals surface area (Å²) in [6.07, 6.45) is 0. The summed E-state index contributed by atoms with van der Waals surface area (Å²) in [6.45, 7) is 0. The topological polar surface area (TPSA) is 43.4 Å². The standard InChI is InChI=1S/C15H11BrO3/c16-10-14(17)19-13-9-5-4-8-12(13)15(18)11-6-2-1-3-7-11/h1-9H,10H2. The number of para-hydroxylation sites is 1. The van der Waals surface area contributed by atoms with Crippen molar-refractivity contribution < 1.29 is 14.3 Å². The van der Waals surface area contributed by atoms with E-state index < -0.39 is 5.97 Å². The van der Waals surface area contributed by atoms with Gasteiger partial charge in [0.1, 0.15) is 11.1 Å². The van der Waals surface area contributed by atoms with Crippen LogP contribution in [0.15, 0.2) is 54.6 Å². The molecule has 0 unspecified atom stereocenters. The monoisotopic (exact) mass is 318 g/mol. The molecule has 4 heteroatoms. The molecule has 0 aliphatic heterocycles. The maximum Gasteiger partial charge on any atom is 0.321 e. The molecule has 0 fully saturated rings. The van der Waals surface area contributed by atoms with E-state index in [9.17, 15) is 9.59 Å². The maximum absolute atomic E-state index is 12.3. The third-order valence-corrected chi connectivity index (χ3v) is 2.96. The SMILES string of the molecule is O=C(CBr)Oc1ccccc1C(=O)c1ccccc1. The van der Waals surface area contributed by atoms with E-state index in [1.54, 1.807) is 48.5 Å². The first-order valence-electron chi connectivity index (χ1n) is 5.68. The van der Waals surface area contributed by atoms with Gasteiger partial charge in [0, 0.05) is 5.56 Å². The zero-order valence-electron chi connectivity index (χ0n) is 10.0. The number of hydrogen-bond acceptors (Lipinski definition) is 3. The smallest absolute Gasteiger partial charge is 0.321 e. The quantitative estimate of drug-likeness (QED) is 0.376. The Morgan fingerprint density at radius 2 is 1.58 bits per heavy atom. The van der Waals surface area contributed by atoms with E-state index in [1.807, 2.05) is 6.07 Å². The van der Waals surface area contributed by atoms with E-state index in [0.717, 1.165) is 0 Å². The van der Waals surface area contributed by atoms with Gasteiger partial charge >= 0.3 is 5.97 Å². The lowest BCUT2D eigenvalue weighted by atomic mass is 10.0. The van der Waals surface area contributed by atoms with Crippen molar-refractivity contribution in [3.05, 3.63) is 65.7 Å². The fraction of sp³-hybridized carbons (Fsp3) is 0.0667. The second kappa shape index (κ2) is 6.29. The number of rotatable bonds is 4. The van der Waals surface area contributed by atoms with E-state index >= 15 is 0 Å². The minimum atomic E-state index is -0.437. The number of alkyl halides is 1. The van der Waals surface area contributed by atoms with Crippen molar-refractivity contribution in [3.8, 4) is 5.75 Å². The van der Waals surface area contributed by atoms with Crippen LogP contribution >= 0.6 is 15.9 Å². The normalized spacial score (nSPS) is 9.95. The van der Waals surface area contributed by atoms with Crippen molar-refractivity contribution in [2.45, 2.75) is 0 Å². The van der Waals surface area contributed by atoms with Gasteiger partial charge in [0.25, 0.3) is 0 Å². The van der Waals surface area contributed by atoms with Crippen LogP contribution in [0, 0.1) is 0 Å². The predicted molar refractivity (Wildman–Crippen MR) is 75.7 cm³/mol. The minimum absolute atomic E-state index is 0.0842. The Balaban J connectivity index is 2.35. The molecule has 0 aromatic heterocycles. The predicted octanol–water partition coefficient (Wildman–Crippen LogP) is 3.22. The molecule has 3 nitrogen and oxygen atoms in total. The lowest BCUT2D eigenvalue weighted by Gasteiger charge is -2.08. The van der Waals surface area contributed by atoms with Crippen molar-refractivity contribution in [2.24, 2.45) is 0 Å². The molecule has 0 amide bonds. The summed E-state index contributed by atoms with van der Waals surface area (Å²) in [5.41, 5.74) is 0.938. The molecule has 0 N–H and O–H groups in total. The second-order valence-electron chi connectivity index (χ2n) is 3.80. The molecule has 0 spiro atoms. The first kappa shape index (κ1) is 13.5. The Morgan fingerprint density at radius 3 is 2.26 bits per heavy atom. The lowest BCUT2D eigenvalue weighted by Crippen LogP contribution is -2.12. The van der Waals surface area contributed by atoms with E-state index in [4.69, 9.17) is 4.74 Å². The van der Waals surface area contributed by atoms with Crippen LogP contribution in [0.5, 0.6) is 5.75 Å². The van der Waals surface area contributed by atoms with Crippen LogP contribution in [-0.2, 0) is 4.79 Å². The summed E-state index contributed by atoms with van der Waals surface area (Å²) in [5.74, 6) is -0.326. The Labute approximate surface area is 119 Å². The number of hydrogen-bond donors (Lipinski definition) is 0. The highest BCUT2D eigenvalue weighted by Gasteiger charge is 2.15. The number of ketones is 1. The fourth-order valence-corrected chi connectivity index (χ4v) is 1.75. The molecule has 0 bridgehead atoms. The lowest BCUT2D eigenvalue weighted by molar-refractivity contribution is -0.131. The van der Waals surface area contributed by atoms with E-state index in [0.29, 0.717) is 11.1 Å². The Bertz CT molecular complexity index is 593. The summed E-state index contributed by atoms with van der Waals surface area (Å²) >= 11 is 3.02. The summed E-state index contributed by atoms with van der Waals surface area (Å²) in [6, 6.07) is 15.6. The Kier molecular flexibility index (Phi) is 4.47. The molecular formula is C15H11BrO3. The zero-order chi connectivity index (χ0) is 13.7. The molecule has 2 rings (SSSR count). The molecule has 2 aromatic carbocycles. The molecule has 19 heavy (non-hydrogen) atoms. The second-order valence-corrected chi connectivity index (χ2v) is 4.36. The number of esters is 1. The third-order valence-electron chi connectivity index (χ3n) is 2.50. The average Bonchev–Trinajstić information content (AvgIpc) is 2.48. The summed E-state index contributed by atoms with van der Waals surface area (Å²) in [7, 11) is 0. The molecular weight excluding hydrogens is 308 g/mol. The number of halogens is 1. The van der Waals surface area contributed by atoms with Crippen LogP contribution in [-0.4, -0.2) is 17.1 Å². The van der Waals surface area contributed by atoms with Gasteiger partial charge < -0.3 is 4.74 Å². The molecule has 0 saturated heterocycles. The molecule has 0 aliphatic rings. The molecule has 2 aromatic rings. The maximum atomic E-state index is 12.3. The van der Waals surface area contributed by atoms with E-state index in [2.05, 4.69) is 15.9 Å². The van der Waals surface area contributed by atoms with Gasteiger partial charge in [-0.1, -0.05) is 58.4 Å². The van der Waals surface area contributed by atoms with E-state index in [-0.39, 0.29) is 16.9 Å². The van der Waals surface area contributed by atoms with Crippen molar-refractivity contribution in [1.82, 2.24) is 0 Å². The summed E-state index contributed by atoms with van der Waals surface area (Å²) in [4.78, 5) is 23.6. The molecule has 0 aliphatic carbocycles. The summed E-state index contributed by atoms with van der Waals surface area (Å²) < 4.78 is 5.13. The van der Waals surface area contributed by atoms with Crippen molar-refractivity contribution >= 4 is 27.7 Å². The van der Waals surface area contributed by atoms with Crippen molar-refractivity contribution in [2.75, 3.05) is 5.33 Å². The molecule has 0 heterocycles. The largest absolute Gasteiger partial charge is 0.425 e. The van der Waals surface area contributed by atoms with Gasteiger partial charge in [0.15, 0.2) is 5.78 Å². The first-order valence-corrected chi connectivity index (χ1v) is 6.80. The highest BCUT2D eigenvalue weighted by molar-refractivity contribution is 9.09. The highest BCUT2D eigenvalue weighted by atomic mass is 79.9. The Hall–Kier alpha value is -1.94. The third kappa shape index (κ3) is 3.29. The molecule has 0 atom stereocenters. The number of benzene rings is 2. The van der Waals surface area contributed by atoms with Crippen molar-refractivity contribution in [3.63, 3.8) is 0 Å². The van der Waals surface area contributed by atoms with Crippen LogP contribution in [0.3, 0.4) is 0 Å². The number of carbonyl (C=O) groups excluding carboxylic acids is 2. The average molecular weight is 319 g/mol. The van der Waals surface area contributed by atoms with Gasteiger partial charge in [0.05, 0.1) is 5.56 Å². The van der Waals surface area contributed by atoms with Gasteiger partial charge in [-0.2, -0.15) is 0 Å². The van der Waals surface area contributed by atoms with Crippen molar-refractivity contribution in [1.29, 1.82) is 0 Å². The Morgan fingerprint density at radius 1 is 0.947 bits per heavy atom. The molecule has 0 saturated carbocycles. The van der Waals surface area contributed by atoms with Gasteiger partial charge in [-0.15, -0.1) is 0 Å². The van der Waals surface area contributed by atoms with Crippen LogP contribution in [0.25, 0.3) is 0 Å². The minimum Gasteiger partial charge on any atom is -0.425 e. The van der Waals surface area contributed by atoms with Crippen LogP contribution in [0.1, 0.15) is 15.9 Å². The van der Waals surface area contributed by atoms with Gasteiger partial charge in [-0.25, -0.2) is 0 Å². The van der Waals surface area contributed by atoms with Crippen LogP contribution < -0.4 is 4.74 Å². The highest BCUT2D eigenvalue weighted by Crippen LogP contribution is 2.21. The molecule has 0 radical (unpaired) electrons. The number of ether oxygens (including phenoxy) is 1. The van der Waals surface area contributed by atoms with Gasteiger partial charge in [0.2, 0.25) is 0 Å². The molecule has 96 valence electrons. The fourth-order valence-electron chi connectivity index (χ4n) is 1.64. The zero-order valence-corrected chi connectivity index (χ0v) is 11.6. The van der Waals surface area contributed by atoms with E-state index in [1.165, 1.54) is 0 Å². The number of carbonyl (C=O) groups is 2.